The number of hydrogen-bond donors (Lipinski definition) is 1. The van der Waals surface area contributed by atoms with Crippen LogP contribution in [0, 0.1) is 12.7 Å². The van der Waals surface area contributed by atoms with Crippen molar-refractivity contribution in [3.63, 3.8) is 0 Å². The van der Waals surface area contributed by atoms with Crippen LogP contribution < -0.4 is 0 Å². The molecule has 0 aliphatic carbocycles. The fourth-order valence-electron chi connectivity index (χ4n) is 0.625. The molecule has 0 bridgehead atoms. The van der Waals surface area contributed by atoms with Gasteiger partial charge in [0, 0.05) is 11.8 Å². The summed E-state index contributed by atoms with van der Waals surface area (Å²) in [5, 5.41) is 8.52. The Morgan fingerprint density at radius 2 is 2.40 bits per heavy atom. The lowest BCUT2D eigenvalue weighted by Crippen LogP contribution is -1.92. The predicted octanol–water partition coefficient (Wildman–Crippen LogP) is 1.02. The quantitative estimate of drug-likeness (QED) is 0.633. The highest BCUT2D eigenvalue weighted by atomic mass is 19.1. The number of aromatic nitrogens is 1. The van der Waals surface area contributed by atoms with Gasteiger partial charge in [0.15, 0.2) is 0 Å². The highest BCUT2D eigenvalue weighted by Crippen LogP contribution is 2.04. The van der Waals surface area contributed by atoms with Crippen LogP contribution >= 0.6 is 0 Å². The van der Waals surface area contributed by atoms with Gasteiger partial charge in [-0.2, -0.15) is 0 Å². The van der Waals surface area contributed by atoms with Crippen molar-refractivity contribution >= 4 is 0 Å². The Labute approximate surface area is 58.3 Å². The zero-order chi connectivity index (χ0) is 7.56. The maximum Gasteiger partial charge on any atom is 0.129 e. The minimum Gasteiger partial charge on any atom is -0.390 e. The average molecular weight is 141 g/mol. The van der Waals surface area contributed by atoms with Gasteiger partial charge in [0.1, 0.15) is 5.82 Å². The number of halogens is 1. The number of nitrogens with zero attached hydrogens (tertiary/aromatic N) is 1. The number of rotatable bonds is 1. The molecule has 0 spiro atoms. The predicted molar refractivity (Wildman–Crippen MR) is 34.9 cm³/mol. The van der Waals surface area contributed by atoms with Crippen LogP contribution in [0.4, 0.5) is 4.39 Å². The molecular weight excluding hydrogens is 133 g/mol. The van der Waals surface area contributed by atoms with Crippen LogP contribution in [0.2, 0.25) is 0 Å². The monoisotopic (exact) mass is 141 g/mol. The van der Waals surface area contributed by atoms with Crippen LogP contribution in [-0.4, -0.2) is 10.1 Å². The first-order valence-electron chi connectivity index (χ1n) is 2.96. The normalized spacial score (nSPS) is 9.90. The summed E-state index contributed by atoms with van der Waals surface area (Å²) in [5.74, 6) is -0.320. The van der Waals surface area contributed by atoms with Gasteiger partial charge in [-0.3, -0.25) is 4.98 Å². The Morgan fingerprint density at radius 1 is 1.70 bits per heavy atom. The molecule has 1 aromatic heterocycles. The first-order valence-corrected chi connectivity index (χ1v) is 2.96. The Balaban J connectivity index is 3.04. The van der Waals surface area contributed by atoms with Crippen molar-refractivity contribution in [1.29, 1.82) is 0 Å². The highest BCUT2D eigenvalue weighted by Gasteiger charge is 1.97. The molecule has 10 heavy (non-hydrogen) atoms. The van der Waals surface area contributed by atoms with E-state index < -0.39 is 0 Å². The number of aliphatic hydroxyl groups is 1. The number of hydrogen-bond acceptors (Lipinski definition) is 2. The van der Waals surface area contributed by atoms with Crippen LogP contribution in [0.15, 0.2) is 12.3 Å². The molecule has 0 aliphatic rings. The van der Waals surface area contributed by atoms with Crippen LogP contribution in [0.3, 0.4) is 0 Å². The van der Waals surface area contributed by atoms with E-state index in [9.17, 15) is 4.39 Å². The van der Waals surface area contributed by atoms with Gasteiger partial charge in [0.25, 0.3) is 0 Å². The SMILES string of the molecule is Cc1cnc(CO)cc1F. The molecule has 0 fully saturated rings. The fraction of sp³-hybridized carbons (Fsp3) is 0.286. The van der Waals surface area contributed by atoms with Crippen molar-refractivity contribution in [2.45, 2.75) is 13.5 Å². The molecule has 0 amide bonds. The molecule has 54 valence electrons. The average Bonchev–Trinajstić information content (AvgIpc) is 1.95. The molecule has 0 unspecified atom stereocenters. The maximum absolute atomic E-state index is 12.6. The third kappa shape index (κ3) is 1.30. The minimum atomic E-state index is -0.320. The zero-order valence-corrected chi connectivity index (χ0v) is 5.63. The second kappa shape index (κ2) is 2.75. The first kappa shape index (κ1) is 7.15. The number of aliphatic hydroxyl groups excluding tert-OH is 1. The third-order valence-corrected chi connectivity index (χ3v) is 1.26. The van der Waals surface area contributed by atoms with Gasteiger partial charge in [0.2, 0.25) is 0 Å². The van der Waals surface area contributed by atoms with E-state index >= 15 is 0 Å². The van der Waals surface area contributed by atoms with E-state index in [1.54, 1.807) is 6.92 Å². The molecule has 1 heterocycles. The molecule has 0 saturated carbocycles. The van der Waals surface area contributed by atoms with Crippen LogP contribution in [0.5, 0.6) is 0 Å². The van der Waals surface area contributed by atoms with Crippen LogP contribution in [-0.2, 0) is 6.61 Å². The van der Waals surface area contributed by atoms with Crippen molar-refractivity contribution in [3.8, 4) is 0 Å². The van der Waals surface area contributed by atoms with Crippen molar-refractivity contribution in [2.24, 2.45) is 0 Å². The Bertz CT molecular complexity index is 237. The van der Waals surface area contributed by atoms with E-state index in [4.69, 9.17) is 5.11 Å². The highest BCUT2D eigenvalue weighted by molar-refractivity contribution is 5.14. The summed E-state index contributed by atoms with van der Waals surface area (Å²) in [4.78, 5) is 3.77. The van der Waals surface area contributed by atoms with Crippen molar-refractivity contribution < 1.29 is 9.50 Å². The van der Waals surface area contributed by atoms with E-state index in [1.807, 2.05) is 0 Å². The van der Waals surface area contributed by atoms with Gasteiger partial charge in [-0.05, 0) is 13.0 Å². The number of aryl methyl sites for hydroxylation is 1. The first-order chi connectivity index (χ1) is 4.74. The molecule has 0 aromatic carbocycles. The summed E-state index contributed by atoms with van der Waals surface area (Å²) in [5.41, 5.74) is 0.861. The van der Waals surface area contributed by atoms with E-state index in [0.717, 1.165) is 0 Å². The molecule has 1 rings (SSSR count). The lowest BCUT2D eigenvalue weighted by atomic mass is 10.2. The van der Waals surface area contributed by atoms with Gasteiger partial charge in [-0.15, -0.1) is 0 Å². The second-order valence-corrected chi connectivity index (χ2v) is 2.08. The lowest BCUT2D eigenvalue weighted by molar-refractivity contribution is 0.276. The van der Waals surface area contributed by atoms with Crippen LogP contribution in [0.1, 0.15) is 11.3 Å². The summed E-state index contributed by atoms with van der Waals surface area (Å²) < 4.78 is 12.6. The van der Waals surface area contributed by atoms with Gasteiger partial charge < -0.3 is 5.11 Å². The molecule has 1 aromatic rings. The summed E-state index contributed by atoms with van der Waals surface area (Å²) in [6, 6.07) is 1.23. The summed E-state index contributed by atoms with van der Waals surface area (Å²) in [7, 11) is 0. The van der Waals surface area contributed by atoms with E-state index in [1.165, 1.54) is 12.3 Å². The molecule has 0 aliphatic heterocycles. The molecule has 0 atom stereocenters. The fourth-order valence-corrected chi connectivity index (χ4v) is 0.625. The zero-order valence-electron chi connectivity index (χ0n) is 5.63. The molecule has 0 radical (unpaired) electrons. The smallest absolute Gasteiger partial charge is 0.129 e. The molecule has 2 nitrogen and oxygen atoms in total. The van der Waals surface area contributed by atoms with Crippen molar-refractivity contribution in [1.82, 2.24) is 4.98 Å². The van der Waals surface area contributed by atoms with E-state index in [-0.39, 0.29) is 12.4 Å². The number of pyridine rings is 1. The molecular formula is C7H8FNO. The topological polar surface area (TPSA) is 33.1 Å². The summed E-state index contributed by atoms with van der Waals surface area (Å²) >= 11 is 0. The maximum atomic E-state index is 12.6. The second-order valence-electron chi connectivity index (χ2n) is 2.08. The lowest BCUT2D eigenvalue weighted by Gasteiger charge is -1.96. The van der Waals surface area contributed by atoms with Gasteiger partial charge in [-0.1, -0.05) is 0 Å². The largest absolute Gasteiger partial charge is 0.390 e. The Morgan fingerprint density at radius 3 is 2.90 bits per heavy atom. The van der Waals surface area contributed by atoms with E-state index in [2.05, 4.69) is 4.98 Å². The van der Waals surface area contributed by atoms with Gasteiger partial charge >= 0.3 is 0 Å². The van der Waals surface area contributed by atoms with E-state index in [0.29, 0.717) is 11.3 Å². The third-order valence-electron chi connectivity index (χ3n) is 1.26. The Kier molecular flexibility index (Phi) is 1.97. The summed E-state index contributed by atoms with van der Waals surface area (Å²) in [6.45, 7) is 1.42. The van der Waals surface area contributed by atoms with Crippen molar-refractivity contribution in [2.75, 3.05) is 0 Å². The van der Waals surface area contributed by atoms with Gasteiger partial charge in [0.05, 0.1) is 12.3 Å². The molecule has 3 heteroatoms. The standard InChI is InChI=1S/C7H8FNO/c1-5-3-9-6(4-10)2-7(5)8/h2-3,10H,4H2,1H3. The summed E-state index contributed by atoms with van der Waals surface area (Å²) in [6.07, 6.45) is 1.40. The molecule has 0 saturated heterocycles. The van der Waals surface area contributed by atoms with Crippen LogP contribution in [0.25, 0.3) is 0 Å². The van der Waals surface area contributed by atoms with Gasteiger partial charge in [-0.25, -0.2) is 4.39 Å². The molecule has 1 N–H and O–H groups in total. The minimum absolute atomic E-state index is 0.211. The Hall–Kier alpha value is -0.960. The van der Waals surface area contributed by atoms with Crippen molar-refractivity contribution in [3.05, 3.63) is 29.3 Å².